The second-order valence-electron chi connectivity index (χ2n) is 8.07. The molecule has 3 aromatic rings. The second-order valence-corrected chi connectivity index (χ2v) is 10.7. The lowest BCUT2D eigenvalue weighted by Gasteiger charge is -2.13. The normalized spacial score (nSPS) is 11.6. The molecule has 1 amide bonds. The zero-order valence-electron chi connectivity index (χ0n) is 20.0. The molecule has 0 bridgehead atoms. The van der Waals surface area contributed by atoms with Crippen LogP contribution in [0.5, 0.6) is 5.75 Å². The number of aliphatic hydroxyl groups is 1. The second kappa shape index (κ2) is 12.9. The highest BCUT2D eigenvalue weighted by atomic mass is 35.5. The third-order valence-electron chi connectivity index (χ3n) is 5.43. The van der Waals surface area contributed by atoms with Crippen molar-refractivity contribution in [2.24, 2.45) is 0 Å². The van der Waals surface area contributed by atoms with Crippen molar-refractivity contribution < 1.29 is 23.1 Å². The molecule has 0 unspecified atom stereocenters. The van der Waals surface area contributed by atoms with Crippen molar-refractivity contribution in [1.29, 1.82) is 0 Å². The SMILES string of the molecule is COc1cccc(/C=C/c2c(Cl)cc(Cl)c(=O)n2CCc2ccc(C(=O)NS(=O)(=O)CCCO)cc2)c1. The zero-order valence-corrected chi connectivity index (χ0v) is 22.3. The third-order valence-corrected chi connectivity index (χ3v) is 7.32. The van der Waals surface area contributed by atoms with E-state index in [4.69, 9.17) is 33.0 Å². The predicted molar refractivity (Wildman–Crippen MR) is 146 cm³/mol. The number of hydrogen-bond acceptors (Lipinski definition) is 6. The van der Waals surface area contributed by atoms with Gasteiger partial charge in [-0.05, 0) is 60.4 Å². The van der Waals surface area contributed by atoms with Gasteiger partial charge in [0.25, 0.3) is 11.5 Å². The summed E-state index contributed by atoms with van der Waals surface area (Å²) in [5.41, 5.74) is 1.94. The molecule has 0 radical (unpaired) electrons. The molecule has 2 N–H and O–H groups in total. The number of rotatable bonds is 11. The molecule has 0 saturated carbocycles. The van der Waals surface area contributed by atoms with Crippen molar-refractivity contribution in [1.82, 2.24) is 9.29 Å². The lowest BCUT2D eigenvalue weighted by atomic mass is 10.1. The van der Waals surface area contributed by atoms with Gasteiger partial charge in [0.05, 0.1) is 23.6 Å². The van der Waals surface area contributed by atoms with Gasteiger partial charge >= 0.3 is 0 Å². The number of halogens is 2. The van der Waals surface area contributed by atoms with E-state index in [1.807, 2.05) is 35.1 Å². The molecule has 3 rings (SSSR count). The summed E-state index contributed by atoms with van der Waals surface area (Å²) in [7, 11) is -2.25. The first kappa shape index (κ1) is 28.5. The average molecular weight is 565 g/mol. The molecule has 2 aromatic carbocycles. The van der Waals surface area contributed by atoms with Gasteiger partial charge < -0.3 is 14.4 Å². The van der Waals surface area contributed by atoms with Crippen molar-refractivity contribution in [2.45, 2.75) is 19.4 Å². The van der Waals surface area contributed by atoms with Crippen molar-refractivity contribution in [3.63, 3.8) is 0 Å². The van der Waals surface area contributed by atoms with E-state index in [-0.39, 0.29) is 41.5 Å². The summed E-state index contributed by atoms with van der Waals surface area (Å²) in [4.78, 5) is 25.1. The Labute approximate surface area is 225 Å². The van der Waals surface area contributed by atoms with Crippen LogP contribution in [0.4, 0.5) is 0 Å². The van der Waals surface area contributed by atoms with Crippen LogP contribution in [0.1, 0.15) is 33.6 Å². The molecule has 0 aliphatic rings. The third kappa shape index (κ3) is 7.93. The lowest BCUT2D eigenvalue weighted by molar-refractivity contribution is 0.0981. The fourth-order valence-corrected chi connectivity index (χ4v) is 5.05. The molecule has 0 aliphatic heterocycles. The number of carbonyl (C=O) groups excluding carboxylic acids is 1. The highest BCUT2D eigenvalue weighted by Gasteiger charge is 2.16. The van der Waals surface area contributed by atoms with Crippen LogP contribution >= 0.6 is 23.2 Å². The predicted octanol–water partition coefficient (Wildman–Crippen LogP) is 4.02. The summed E-state index contributed by atoms with van der Waals surface area (Å²) in [6.07, 6.45) is 4.01. The van der Waals surface area contributed by atoms with Crippen molar-refractivity contribution in [2.75, 3.05) is 19.5 Å². The first-order valence-electron chi connectivity index (χ1n) is 11.3. The molecule has 0 fully saturated rings. The van der Waals surface area contributed by atoms with Crippen molar-refractivity contribution >= 4 is 51.3 Å². The minimum atomic E-state index is -3.83. The Morgan fingerprint density at radius 1 is 1.08 bits per heavy atom. The highest BCUT2D eigenvalue weighted by Crippen LogP contribution is 2.22. The topological polar surface area (TPSA) is 115 Å². The smallest absolute Gasteiger partial charge is 0.269 e. The van der Waals surface area contributed by atoms with Crippen molar-refractivity contribution in [3.8, 4) is 5.75 Å². The van der Waals surface area contributed by atoms with Gasteiger partial charge in [0.15, 0.2) is 0 Å². The van der Waals surface area contributed by atoms with Crippen LogP contribution in [0.3, 0.4) is 0 Å². The Kier molecular flexibility index (Phi) is 9.93. The minimum Gasteiger partial charge on any atom is -0.497 e. The summed E-state index contributed by atoms with van der Waals surface area (Å²) in [5, 5.41) is 9.10. The molecule has 1 aromatic heterocycles. The minimum absolute atomic E-state index is 0.00189. The van der Waals surface area contributed by atoms with Crippen LogP contribution in [0.25, 0.3) is 12.2 Å². The monoisotopic (exact) mass is 564 g/mol. The number of sulfonamides is 1. The van der Waals surface area contributed by atoms with E-state index in [9.17, 15) is 18.0 Å². The number of benzene rings is 2. The van der Waals surface area contributed by atoms with Gasteiger partial charge in [-0.3, -0.25) is 9.59 Å². The summed E-state index contributed by atoms with van der Waals surface area (Å²) < 4.78 is 32.5. The highest BCUT2D eigenvalue weighted by molar-refractivity contribution is 7.90. The number of aromatic nitrogens is 1. The molecule has 0 atom stereocenters. The summed E-state index contributed by atoms with van der Waals surface area (Å²) in [6.45, 7) is -0.0266. The molecular weight excluding hydrogens is 539 g/mol. The van der Waals surface area contributed by atoms with Crippen LogP contribution in [-0.2, 0) is 23.0 Å². The van der Waals surface area contributed by atoms with E-state index in [0.717, 1.165) is 11.1 Å². The van der Waals surface area contributed by atoms with Crippen LogP contribution in [-0.4, -0.2) is 43.5 Å². The Hall–Kier alpha value is -3.11. The van der Waals surface area contributed by atoms with E-state index < -0.39 is 15.9 Å². The number of aliphatic hydroxyl groups excluding tert-OH is 1. The maximum absolute atomic E-state index is 12.8. The summed E-state index contributed by atoms with van der Waals surface area (Å²) in [5.74, 6) is -0.410. The number of nitrogens with one attached hydrogen (secondary N) is 1. The maximum Gasteiger partial charge on any atom is 0.269 e. The van der Waals surface area contributed by atoms with E-state index in [1.165, 1.54) is 22.8 Å². The number of carbonyl (C=O) groups is 1. The van der Waals surface area contributed by atoms with Crippen molar-refractivity contribution in [3.05, 3.63) is 97.4 Å². The van der Waals surface area contributed by atoms with Gasteiger partial charge in [-0.1, -0.05) is 53.5 Å². The number of ether oxygens (including phenoxy) is 1. The zero-order chi connectivity index (χ0) is 27.0. The fourth-order valence-electron chi connectivity index (χ4n) is 3.50. The average Bonchev–Trinajstić information content (AvgIpc) is 2.88. The quantitative estimate of drug-likeness (QED) is 0.363. The molecular formula is C26H26Cl2N2O6S. The Morgan fingerprint density at radius 2 is 1.81 bits per heavy atom. The van der Waals surface area contributed by atoms with Gasteiger partial charge in [-0.25, -0.2) is 13.1 Å². The number of nitrogens with zero attached hydrogens (tertiary/aromatic N) is 1. The van der Waals surface area contributed by atoms with E-state index in [2.05, 4.69) is 0 Å². The number of hydrogen-bond donors (Lipinski definition) is 2. The summed E-state index contributed by atoms with van der Waals surface area (Å²) >= 11 is 12.5. The number of methoxy groups -OCH3 is 1. The molecule has 37 heavy (non-hydrogen) atoms. The molecule has 1 heterocycles. The first-order valence-corrected chi connectivity index (χ1v) is 13.7. The lowest BCUT2D eigenvalue weighted by Crippen LogP contribution is -2.32. The van der Waals surface area contributed by atoms with E-state index in [0.29, 0.717) is 22.9 Å². The molecule has 0 saturated heterocycles. The molecule has 0 spiro atoms. The van der Waals surface area contributed by atoms with Gasteiger partial charge in [0.2, 0.25) is 10.0 Å². The maximum atomic E-state index is 12.8. The van der Waals surface area contributed by atoms with Crippen LogP contribution in [0.2, 0.25) is 10.0 Å². The molecule has 8 nitrogen and oxygen atoms in total. The van der Waals surface area contributed by atoms with E-state index in [1.54, 1.807) is 25.3 Å². The van der Waals surface area contributed by atoms with Gasteiger partial charge in [0, 0.05) is 18.7 Å². The number of pyridine rings is 1. The Morgan fingerprint density at radius 3 is 2.49 bits per heavy atom. The first-order chi connectivity index (χ1) is 17.6. The molecule has 11 heteroatoms. The van der Waals surface area contributed by atoms with Crippen LogP contribution < -0.4 is 15.0 Å². The summed E-state index contributed by atoms with van der Waals surface area (Å²) in [6, 6.07) is 15.2. The Bertz CT molecular complexity index is 1450. The number of amides is 1. The molecule has 196 valence electrons. The van der Waals surface area contributed by atoms with Gasteiger partial charge in [0.1, 0.15) is 10.8 Å². The molecule has 0 aliphatic carbocycles. The number of aryl methyl sites for hydroxylation is 1. The van der Waals surface area contributed by atoms with Gasteiger partial charge in [-0.15, -0.1) is 0 Å². The Balaban J connectivity index is 1.77. The largest absolute Gasteiger partial charge is 0.497 e. The standard InChI is InChI=1S/C26H26Cl2N2O6S/c1-36-21-5-2-4-19(16-21)8-11-24-22(27)17-23(28)26(33)30(24)13-12-18-6-9-20(10-7-18)25(32)29-37(34,35)15-3-14-31/h2,4-11,16-17,31H,3,12-15H2,1H3,(H,29,32)/b11-8+. The fraction of sp³-hybridized carbons (Fsp3) is 0.231. The van der Waals surface area contributed by atoms with Crippen LogP contribution in [0, 0.1) is 0 Å². The van der Waals surface area contributed by atoms with Crippen LogP contribution in [0.15, 0.2) is 59.4 Å². The van der Waals surface area contributed by atoms with E-state index >= 15 is 0 Å². The van der Waals surface area contributed by atoms with Gasteiger partial charge in [-0.2, -0.15) is 0 Å².